The molecule has 108 valence electrons. The lowest BCUT2D eigenvalue weighted by Crippen LogP contribution is -2.20. The van der Waals surface area contributed by atoms with Gasteiger partial charge < -0.3 is 10.2 Å². The van der Waals surface area contributed by atoms with Gasteiger partial charge >= 0.3 is 0 Å². The second-order valence-corrected chi connectivity index (χ2v) is 4.90. The lowest BCUT2D eigenvalue weighted by Gasteiger charge is -2.15. The standard InChI is InChI=1S/C15H15FN4O/c16-12-6-2-1-5-11(12)15(21)17-13-7-8-14(19-18-13)20-9-3-4-10-20/h1-2,5-8H,3-4,9-10H2,(H,17,18,21). The van der Waals surface area contributed by atoms with Gasteiger partial charge in [-0.3, -0.25) is 4.79 Å². The van der Waals surface area contributed by atoms with Gasteiger partial charge in [-0.15, -0.1) is 10.2 Å². The average Bonchev–Trinajstić information content (AvgIpc) is 3.02. The number of hydrogen-bond acceptors (Lipinski definition) is 4. The Labute approximate surface area is 121 Å². The maximum Gasteiger partial charge on any atom is 0.259 e. The first kappa shape index (κ1) is 13.5. The minimum absolute atomic E-state index is 0.0112. The van der Waals surface area contributed by atoms with Crippen molar-refractivity contribution in [1.82, 2.24) is 10.2 Å². The van der Waals surface area contributed by atoms with Crippen LogP contribution in [0.3, 0.4) is 0 Å². The van der Waals surface area contributed by atoms with Gasteiger partial charge in [0.05, 0.1) is 5.56 Å². The number of anilines is 2. The Morgan fingerprint density at radius 2 is 1.86 bits per heavy atom. The van der Waals surface area contributed by atoms with Crippen molar-refractivity contribution in [3.05, 3.63) is 47.8 Å². The molecule has 5 nitrogen and oxygen atoms in total. The first-order chi connectivity index (χ1) is 10.2. The Bertz CT molecular complexity index is 638. The molecule has 0 bridgehead atoms. The molecular formula is C15H15FN4O. The Kier molecular flexibility index (Phi) is 3.77. The number of halogens is 1. The molecule has 1 amide bonds. The lowest BCUT2D eigenvalue weighted by molar-refractivity contribution is 0.102. The molecule has 0 aliphatic carbocycles. The second kappa shape index (κ2) is 5.87. The van der Waals surface area contributed by atoms with Gasteiger partial charge in [-0.2, -0.15) is 0 Å². The van der Waals surface area contributed by atoms with Crippen molar-refractivity contribution in [2.24, 2.45) is 0 Å². The molecule has 0 radical (unpaired) electrons. The third kappa shape index (κ3) is 2.99. The molecule has 1 aromatic carbocycles. The fourth-order valence-corrected chi connectivity index (χ4v) is 2.34. The van der Waals surface area contributed by atoms with Crippen molar-refractivity contribution in [2.45, 2.75) is 12.8 Å². The summed E-state index contributed by atoms with van der Waals surface area (Å²) in [7, 11) is 0. The van der Waals surface area contributed by atoms with E-state index >= 15 is 0 Å². The monoisotopic (exact) mass is 286 g/mol. The quantitative estimate of drug-likeness (QED) is 0.941. The maximum atomic E-state index is 13.5. The van der Waals surface area contributed by atoms with Crippen LogP contribution in [0.4, 0.5) is 16.0 Å². The molecule has 2 aromatic rings. The summed E-state index contributed by atoms with van der Waals surface area (Å²) in [5.41, 5.74) is -0.0112. The van der Waals surface area contributed by atoms with Crippen molar-refractivity contribution in [2.75, 3.05) is 23.3 Å². The molecule has 0 spiro atoms. The van der Waals surface area contributed by atoms with Crippen molar-refractivity contribution >= 4 is 17.5 Å². The Morgan fingerprint density at radius 1 is 1.10 bits per heavy atom. The minimum Gasteiger partial charge on any atom is -0.355 e. The molecular weight excluding hydrogens is 271 g/mol. The zero-order valence-corrected chi connectivity index (χ0v) is 11.4. The average molecular weight is 286 g/mol. The van der Waals surface area contributed by atoms with Crippen LogP contribution in [0.15, 0.2) is 36.4 Å². The second-order valence-electron chi connectivity index (χ2n) is 4.90. The van der Waals surface area contributed by atoms with Gasteiger partial charge in [0.25, 0.3) is 5.91 Å². The van der Waals surface area contributed by atoms with E-state index in [1.807, 2.05) is 6.07 Å². The summed E-state index contributed by atoms with van der Waals surface area (Å²) < 4.78 is 13.5. The van der Waals surface area contributed by atoms with Crippen molar-refractivity contribution in [3.63, 3.8) is 0 Å². The van der Waals surface area contributed by atoms with E-state index in [1.54, 1.807) is 12.1 Å². The topological polar surface area (TPSA) is 58.1 Å². The smallest absolute Gasteiger partial charge is 0.259 e. The highest BCUT2D eigenvalue weighted by Crippen LogP contribution is 2.18. The van der Waals surface area contributed by atoms with E-state index in [2.05, 4.69) is 20.4 Å². The zero-order chi connectivity index (χ0) is 14.7. The third-order valence-electron chi connectivity index (χ3n) is 3.44. The van der Waals surface area contributed by atoms with E-state index in [-0.39, 0.29) is 5.56 Å². The van der Waals surface area contributed by atoms with Crippen LogP contribution < -0.4 is 10.2 Å². The van der Waals surface area contributed by atoms with Crippen LogP contribution in [0, 0.1) is 5.82 Å². The van der Waals surface area contributed by atoms with Crippen molar-refractivity contribution in [3.8, 4) is 0 Å². The summed E-state index contributed by atoms with van der Waals surface area (Å²) in [6.45, 7) is 1.96. The third-order valence-corrected chi connectivity index (χ3v) is 3.44. The predicted octanol–water partition coefficient (Wildman–Crippen LogP) is 2.47. The van der Waals surface area contributed by atoms with E-state index in [0.717, 1.165) is 31.7 Å². The molecule has 1 N–H and O–H groups in total. The number of carbonyl (C=O) groups excluding carboxylic acids is 1. The van der Waals surface area contributed by atoms with E-state index in [1.165, 1.54) is 18.2 Å². The molecule has 1 fully saturated rings. The first-order valence-electron chi connectivity index (χ1n) is 6.88. The maximum absolute atomic E-state index is 13.5. The van der Waals surface area contributed by atoms with Crippen LogP contribution in [0.2, 0.25) is 0 Å². The molecule has 1 aromatic heterocycles. The summed E-state index contributed by atoms with van der Waals surface area (Å²) in [4.78, 5) is 14.1. The first-order valence-corrected chi connectivity index (χ1v) is 6.88. The highest BCUT2D eigenvalue weighted by Gasteiger charge is 2.15. The zero-order valence-electron chi connectivity index (χ0n) is 11.4. The number of rotatable bonds is 3. The van der Waals surface area contributed by atoms with Gasteiger partial charge in [0.1, 0.15) is 5.82 Å². The summed E-state index contributed by atoms with van der Waals surface area (Å²) >= 11 is 0. The van der Waals surface area contributed by atoms with Crippen LogP contribution in [0.1, 0.15) is 23.2 Å². The van der Waals surface area contributed by atoms with Crippen LogP contribution in [0.25, 0.3) is 0 Å². The van der Waals surface area contributed by atoms with Crippen molar-refractivity contribution in [1.29, 1.82) is 0 Å². The normalized spacial score (nSPS) is 14.2. The molecule has 1 aliphatic rings. The highest BCUT2D eigenvalue weighted by atomic mass is 19.1. The molecule has 0 saturated carbocycles. The summed E-state index contributed by atoms with van der Waals surface area (Å²) in [5.74, 6) is 0.0237. The van der Waals surface area contributed by atoms with E-state index < -0.39 is 11.7 Å². The van der Waals surface area contributed by atoms with Crippen LogP contribution in [-0.4, -0.2) is 29.2 Å². The molecule has 6 heteroatoms. The summed E-state index contributed by atoms with van der Waals surface area (Å²) in [6.07, 6.45) is 2.32. The van der Waals surface area contributed by atoms with E-state index in [0.29, 0.717) is 5.82 Å². The van der Waals surface area contributed by atoms with E-state index in [4.69, 9.17) is 0 Å². The van der Waals surface area contributed by atoms with Gasteiger partial charge in [0.15, 0.2) is 11.6 Å². The largest absolute Gasteiger partial charge is 0.355 e. The van der Waals surface area contributed by atoms with Crippen LogP contribution in [-0.2, 0) is 0 Å². The van der Waals surface area contributed by atoms with Crippen molar-refractivity contribution < 1.29 is 9.18 Å². The van der Waals surface area contributed by atoms with Crippen LogP contribution in [0.5, 0.6) is 0 Å². The number of carbonyl (C=O) groups is 1. The Morgan fingerprint density at radius 3 is 2.52 bits per heavy atom. The fraction of sp³-hybridized carbons (Fsp3) is 0.267. The SMILES string of the molecule is O=C(Nc1ccc(N2CCCC2)nn1)c1ccccc1F. The van der Waals surface area contributed by atoms with Gasteiger partial charge in [0, 0.05) is 13.1 Å². The van der Waals surface area contributed by atoms with Gasteiger partial charge in [-0.1, -0.05) is 12.1 Å². The molecule has 1 saturated heterocycles. The number of nitrogens with zero attached hydrogens (tertiary/aromatic N) is 3. The van der Waals surface area contributed by atoms with Gasteiger partial charge in [-0.25, -0.2) is 4.39 Å². The number of aromatic nitrogens is 2. The number of nitrogens with one attached hydrogen (secondary N) is 1. The Hall–Kier alpha value is -2.50. The number of hydrogen-bond donors (Lipinski definition) is 1. The molecule has 0 unspecified atom stereocenters. The molecule has 2 heterocycles. The van der Waals surface area contributed by atoms with Gasteiger partial charge in [0.2, 0.25) is 0 Å². The summed E-state index contributed by atoms with van der Waals surface area (Å²) in [6, 6.07) is 9.32. The molecule has 21 heavy (non-hydrogen) atoms. The molecule has 0 atom stereocenters. The number of benzene rings is 1. The summed E-state index contributed by atoms with van der Waals surface area (Å²) in [5, 5.41) is 10.6. The van der Waals surface area contributed by atoms with Gasteiger partial charge in [-0.05, 0) is 37.1 Å². The fourth-order valence-electron chi connectivity index (χ4n) is 2.34. The van der Waals surface area contributed by atoms with Crippen LogP contribution >= 0.6 is 0 Å². The minimum atomic E-state index is -0.559. The highest BCUT2D eigenvalue weighted by molar-refractivity contribution is 6.03. The molecule has 3 rings (SSSR count). The Balaban J connectivity index is 1.70. The molecule has 1 aliphatic heterocycles. The van der Waals surface area contributed by atoms with E-state index in [9.17, 15) is 9.18 Å². The number of amides is 1. The lowest BCUT2D eigenvalue weighted by atomic mass is 10.2. The predicted molar refractivity (Wildman–Crippen MR) is 77.8 cm³/mol.